The summed E-state index contributed by atoms with van der Waals surface area (Å²) in [6.45, 7) is 3.33. The van der Waals surface area contributed by atoms with Crippen molar-refractivity contribution in [1.82, 2.24) is 14.9 Å². The first-order valence-corrected chi connectivity index (χ1v) is 8.32. The summed E-state index contributed by atoms with van der Waals surface area (Å²) in [6, 6.07) is 4.00. The molecule has 0 saturated carbocycles. The highest BCUT2D eigenvalue weighted by Gasteiger charge is 2.12. The fraction of sp³-hybridized carbons (Fsp3) is 0.467. The quantitative estimate of drug-likeness (QED) is 0.756. The van der Waals surface area contributed by atoms with E-state index in [1.165, 1.54) is 4.88 Å². The minimum atomic E-state index is -0.0460. The molecule has 1 amide bonds. The first-order valence-electron chi connectivity index (χ1n) is 7.13. The molecule has 2 aromatic heterocycles. The van der Waals surface area contributed by atoms with Crippen molar-refractivity contribution in [1.29, 1.82) is 0 Å². The predicted molar refractivity (Wildman–Crippen MR) is 86.7 cm³/mol. The van der Waals surface area contributed by atoms with E-state index in [1.807, 2.05) is 23.8 Å². The van der Waals surface area contributed by atoms with Gasteiger partial charge in [0.25, 0.3) is 0 Å². The summed E-state index contributed by atoms with van der Waals surface area (Å²) < 4.78 is 2.76. The summed E-state index contributed by atoms with van der Waals surface area (Å²) in [5.74, 6) is 0.0539. The van der Waals surface area contributed by atoms with Gasteiger partial charge in [0.2, 0.25) is 5.91 Å². The van der Waals surface area contributed by atoms with Gasteiger partial charge in [0.1, 0.15) is 0 Å². The lowest BCUT2D eigenvalue weighted by molar-refractivity contribution is -0.124. The molecule has 0 radical (unpaired) electrons. The summed E-state index contributed by atoms with van der Waals surface area (Å²) in [5, 5.41) is 2.99. The molecule has 1 unspecified atom stereocenters. The summed E-state index contributed by atoms with van der Waals surface area (Å²) in [5.41, 5.74) is 0. The van der Waals surface area contributed by atoms with E-state index >= 15 is 0 Å². The van der Waals surface area contributed by atoms with Gasteiger partial charge in [0.15, 0.2) is 0 Å². The SMILES string of the molecule is CC(Cn1ccnc1)C(=O)NCCCCc1ccc(Cl)s1. The molecule has 6 heteroatoms. The molecule has 2 heterocycles. The minimum absolute atomic E-state index is 0.0460. The molecule has 0 fully saturated rings. The first-order chi connectivity index (χ1) is 10.1. The highest BCUT2D eigenvalue weighted by Crippen LogP contribution is 2.22. The van der Waals surface area contributed by atoms with Crippen molar-refractivity contribution in [2.45, 2.75) is 32.7 Å². The van der Waals surface area contributed by atoms with Crippen LogP contribution in [0.4, 0.5) is 0 Å². The molecule has 0 aliphatic carbocycles. The van der Waals surface area contributed by atoms with Gasteiger partial charge in [-0.2, -0.15) is 0 Å². The zero-order chi connectivity index (χ0) is 15.1. The first kappa shape index (κ1) is 16.0. The van der Waals surface area contributed by atoms with E-state index < -0.39 is 0 Å². The van der Waals surface area contributed by atoms with E-state index in [0.29, 0.717) is 6.54 Å². The van der Waals surface area contributed by atoms with Crippen LogP contribution in [0, 0.1) is 5.92 Å². The summed E-state index contributed by atoms with van der Waals surface area (Å²) in [4.78, 5) is 17.2. The number of thiophene rings is 1. The largest absolute Gasteiger partial charge is 0.356 e. The van der Waals surface area contributed by atoms with Crippen LogP contribution in [-0.4, -0.2) is 22.0 Å². The van der Waals surface area contributed by atoms with Gasteiger partial charge in [-0.15, -0.1) is 11.3 Å². The molecule has 4 nitrogen and oxygen atoms in total. The van der Waals surface area contributed by atoms with E-state index in [2.05, 4.69) is 16.4 Å². The van der Waals surface area contributed by atoms with Crippen molar-refractivity contribution in [3.63, 3.8) is 0 Å². The number of nitrogens with zero attached hydrogens (tertiary/aromatic N) is 2. The molecule has 21 heavy (non-hydrogen) atoms. The number of hydrogen-bond donors (Lipinski definition) is 1. The van der Waals surface area contributed by atoms with Crippen LogP contribution in [-0.2, 0) is 17.8 Å². The van der Waals surface area contributed by atoms with E-state index in [4.69, 9.17) is 11.6 Å². The molecule has 2 aromatic rings. The monoisotopic (exact) mass is 325 g/mol. The number of amides is 1. The van der Waals surface area contributed by atoms with Gasteiger partial charge in [0.05, 0.1) is 16.6 Å². The summed E-state index contributed by atoms with van der Waals surface area (Å²) in [6.07, 6.45) is 8.40. The van der Waals surface area contributed by atoms with Crippen LogP contribution >= 0.6 is 22.9 Å². The lowest BCUT2D eigenvalue weighted by Crippen LogP contribution is -2.32. The van der Waals surface area contributed by atoms with Crippen molar-refractivity contribution >= 4 is 28.8 Å². The lowest BCUT2D eigenvalue weighted by Gasteiger charge is -2.12. The number of unbranched alkanes of at least 4 members (excludes halogenated alkanes) is 1. The average Bonchev–Trinajstić information content (AvgIpc) is 3.10. The van der Waals surface area contributed by atoms with Gasteiger partial charge in [-0.25, -0.2) is 4.98 Å². The van der Waals surface area contributed by atoms with Crippen LogP contribution in [0.15, 0.2) is 30.9 Å². The number of carbonyl (C=O) groups excluding carboxylic acids is 1. The van der Waals surface area contributed by atoms with Gasteiger partial charge in [-0.1, -0.05) is 18.5 Å². The third-order valence-electron chi connectivity index (χ3n) is 3.27. The molecule has 0 aromatic carbocycles. The number of aryl methyl sites for hydroxylation is 1. The molecule has 0 aliphatic rings. The smallest absolute Gasteiger partial charge is 0.224 e. The fourth-order valence-electron chi connectivity index (χ4n) is 2.09. The van der Waals surface area contributed by atoms with Gasteiger partial charge in [0, 0.05) is 30.4 Å². The number of hydrogen-bond acceptors (Lipinski definition) is 3. The van der Waals surface area contributed by atoms with Crippen LogP contribution in [0.1, 0.15) is 24.6 Å². The Kier molecular flexibility index (Phi) is 6.26. The molecular formula is C15H20ClN3OS. The maximum Gasteiger partial charge on any atom is 0.224 e. The van der Waals surface area contributed by atoms with Crippen molar-refractivity contribution in [2.24, 2.45) is 5.92 Å². The number of rotatable bonds is 8. The fourth-order valence-corrected chi connectivity index (χ4v) is 3.22. The predicted octanol–water partition coefficient (Wildman–Crippen LogP) is 3.37. The molecule has 0 aliphatic heterocycles. The minimum Gasteiger partial charge on any atom is -0.356 e. The Morgan fingerprint density at radius 2 is 2.33 bits per heavy atom. The maximum atomic E-state index is 11.9. The highest BCUT2D eigenvalue weighted by molar-refractivity contribution is 7.16. The van der Waals surface area contributed by atoms with Crippen LogP contribution in [0.2, 0.25) is 4.34 Å². The van der Waals surface area contributed by atoms with Crippen molar-refractivity contribution in [3.05, 3.63) is 40.1 Å². The maximum absolute atomic E-state index is 11.9. The third-order valence-corrected chi connectivity index (χ3v) is 4.56. The van der Waals surface area contributed by atoms with Crippen LogP contribution < -0.4 is 5.32 Å². The second-order valence-corrected chi connectivity index (χ2v) is 6.91. The van der Waals surface area contributed by atoms with E-state index in [-0.39, 0.29) is 11.8 Å². The Morgan fingerprint density at radius 1 is 1.48 bits per heavy atom. The molecule has 114 valence electrons. The van der Waals surface area contributed by atoms with E-state index in [0.717, 1.165) is 30.1 Å². The molecular weight excluding hydrogens is 306 g/mol. The Balaban J connectivity index is 1.58. The topological polar surface area (TPSA) is 46.9 Å². The van der Waals surface area contributed by atoms with Crippen LogP contribution in [0.25, 0.3) is 0 Å². The second kappa shape index (κ2) is 8.20. The second-order valence-electron chi connectivity index (χ2n) is 5.11. The van der Waals surface area contributed by atoms with Gasteiger partial charge in [-0.3, -0.25) is 4.79 Å². The Morgan fingerprint density at radius 3 is 3.00 bits per heavy atom. The normalized spacial score (nSPS) is 12.3. The number of halogens is 1. The number of aromatic nitrogens is 2. The van der Waals surface area contributed by atoms with Crippen molar-refractivity contribution < 1.29 is 4.79 Å². The molecule has 1 N–H and O–H groups in total. The zero-order valence-corrected chi connectivity index (χ0v) is 13.7. The number of nitrogens with one attached hydrogen (secondary N) is 1. The van der Waals surface area contributed by atoms with Crippen molar-refractivity contribution in [3.8, 4) is 0 Å². The molecule has 1 atom stereocenters. The Bertz CT molecular complexity index is 553. The summed E-state index contributed by atoms with van der Waals surface area (Å²) >= 11 is 7.52. The van der Waals surface area contributed by atoms with Crippen molar-refractivity contribution in [2.75, 3.05) is 6.54 Å². The van der Waals surface area contributed by atoms with Gasteiger partial charge in [-0.05, 0) is 31.4 Å². The van der Waals surface area contributed by atoms with E-state index in [9.17, 15) is 4.79 Å². The lowest BCUT2D eigenvalue weighted by atomic mass is 10.1. The molecule has 2 rings (SSSR count). The van der Waals surface area contributed by atoms with Crippen LogP contribution in [0.5, 0.6) is 0 Å². The zero-order valence-electron chi connectivity index (χ0n) is 12.1. The standard InChI is InChI=1S/C15H20ClN3OS/c1-12(10-19-9-8-17-11-19)15(20)18-7-3-2-4-13-5-6-14(16)21-13/h5-6,8-9,11-12H,2-4,7,10H2,1H3,(H,18,20). The third kappa shape index (κ3) is 5.52. The highest BCUT2D eigenvalue weighted by atomic mass is 35.5. The number of carbonyl (C=O) groups is 1. The molecule has 0 bridgehead atoms. The van der Waals surface area contributed by atoms with Crippen LogP contribution in [0.3, 0.4) is 0 Å². The Labute approximate surface area is 134 Å². The molecule has 0 saturated heterocycles. The summed E-state index contributed by atoms with van der Waals surface area (Å²) in [7, 11) is 0. The van der Waals surface area contributed by atoms with Gasteiger partial charge < -0.3 is 9.88 Å². The number of imidazole rings is 1. The van der Waals surface area contributed by atoms with Gasteiger partial charge >= 0.3 is 0 Å². The van der Waals surface area contributed by atoms with E-state index in [1.54, 1.807) is 23.9 Å². The molecule has 0 spiro atoms. The average molecular weight is 326 g/mol. The Hall–Kier alpha value is -1.33.